The van der Waals surface area contributed by atoms with Crippen LogP contribution < -0.4 is 14.2 Å². The first-order valence-electron chi connectivity index (χ1n) is 9.90. The SMILES string of the molecule is C=Cc1ccc(COc2ccc3c(c2)O/C(=C\C=C\c2ccccc2OC)C3=O)cc1. The third-order valence-corrected chi connectivity index (χ3v) is 4.92. The topological polar surface area (TPSA) is 44.8 Å². The van der Waals surface area contributed by atoms with Gasteiger partial charge in [0.1, 0.15) is 23.9 Å². The largest absolute Gasteiger partial charge is 0.496 e. The molecule has 0 aliphatic carbocycles. The van der Waals surface area contributed by atoms with E-state index in [0.717, 1.165) is 22.4 Å². The Morgan fingerprint density at radius 1 is 1.03 bits per heavy atom. The van der Waals surface area contributed by atoms with Gasteiger partial charge in [0.05, 0.1) is 12.7 Å². The van der Waals surface area contributed by atoms with Gasteiger partial charge in [0.25, 0.3) is 0 Å². The van der Waals surface area contributed by atoms with Crippen molar-refractivity contribution in [3.63, 3.8) is 0 Å². The highest BCUT2D eigenvalue weighted by molar-refractivity contribution is 6.12. The number of para-hydroxylation sites is 1. The van der Waals surface area contributed by atoms with Crippen LogP contribution >= 0.6 is 0 Å². The van der Waals surface area contributed by atoms with Gasteiger partial charge in [-0.1, -0.05) is 67.3 Å². The molecular weight excluding hydrogens is 388 g/mol. The van der Waals surface area contributed by atoms with Gasteiger partial charge >= 0.3 is 0 Å². The fourth-order valence-electron chi connectivity index (χ4n) is 3.23. The maximum absolute atomic E-state index is 12.6. The molecule has 3 aromatic carbocycles. The summed E-state index contributed by atoms with van der Waals surface area (Å²) in [4.78, 5) is 12.6. The van der Waals surface area contributed by atoms with Crippen molar-refractivity contribution >= 4 is 17.9 Å². The van der Waals surface area contributed by atoms with Crippen molar-refractivity contribution in [3.05, 3.63) is 113 Å². The molecule has 0 N–H and O–H groups in total. The summed E-state index contributed by atoms with van der Waals surface area (Å²) in [5.41, 5.74) is 3.55. The standard InChI is InChI=1S/C27H22O4/c1-3-19-11-13-20(14-12-19)18-30-22-15-16-23-26(17-22)31-25(27(23)28)10-6-8-21-7-4-5-9-24(21)29-2/h3-17H,1,18H2,2H3/b8-6+,25-10-. The maximum atomic E-state index is 12.6. The molecular formula is C27H22O4. The molecule has 0 fully saturated rings. The molecule has 154 valence electrons. The van der Waals surface area contributed by atoms with Gasteiger partial charge in [-0.2, -0.15) is 0 Å². The number of benzene rings is 3. The number of rotatable bonds is 7. The minimum absolute atomic E-state index is 0.147. The number of ketones is 1. The van der Waals surface area contributed by atoms with E-state index < -0.39 is 0 Å². The fraction of sp³-hybridized carbons (Fsp3) is 0.0741. The zero-order valence-electron chi connectivity index (χ0n) is 17.2. The molecule has 0 bridgehead atoms. The van der Waals surface area contributed by atoms with E-state index in [9.17, 15) is 4.79 Å². The summed E-state index contributed by atoms with van der Waals surface area (Å²) in [5, 5.41) is 0. The minimum Gasteiger partial charge on any atom is -0.496 e. The number of ether oxygens (including phenoxy) is 3. The number of hydrogen-bond acceptors (Lipinski definition) is 4. The number of carbonyl (C=O) groups excluding carboxylic acids is 1. The molecule has 4 heteroatoms. The van der Waals surface area contributed by atoms with E-state index in [4.69, 9.17) is 14.2 Å². The molecule has 0 saturated heterocycles. The van der Waals surface area contributed by atoms with Gasteiger partial charge < -0.3 is 14.2 Å². The van der Waals surface area contributed by atoms with Crippen LogP contribution in [0.5, 0.6) is 17.2 Å². The van der Waals surface area contributed by atoms with Gasteiger partial charge in [0.2, 0.25) is 5.78 Å². The Hall–Kier alpha value is -4.05. The van der Waals surface area contributed by atoms with Gasteiger partial charge in [0.15, 0.2) is 5.76 Å². The third kappa shape index (κ3) is 4.59. The van der Waals surface area contributed by atoms with Crippen molar-refractivity contribution in [1.82, 2.24) is 0 Å². The average molecular weight is 410 g/mol. The van der Waals surface area contributed by atoms with Crippen molar-refractivity contribution in [3.8, 4) is 17.2 Å². The summed E-state index contributed by atoms with van der Waals surface area (Å²) in [6, 6.07) is 20.9. The molecule has 4 rings (SSSR count). The van der Waals surface area contributed by atoms with Gasteiger partial charge in [-0.15, -0.1) is 0 Å². The number of fused-ring (bicyclic) bond motifs is 1. The number of methoxy groups -OCH3 is 1. The Balaban J connectivity index is 1.44. The highest BCUT2D eigenvalue weighted by Gasteiger charge is 2.27. The molecule has 4 nitrogen and oxygen atoms in total. The van der Waals surface area contributed by atoms with Crippen LogP contribution in [0.4, 0.5) is 0 Å². The smallest absolute Gasteiger partial charge is 0.231 e. The van der Waals surface area contributed by atoms with E-state index in [-0.39, 0.29) is 11.5 Å². The van der Waals surface area contributed by atoms with Gasteiger partial charge in [-0.3, -0.25) is 4.79 Å². The molecule has 1 aliphatic heterocycles. The highest BCUT2D eigenvalue weighted by Crippen LogP contribution is 2.34. The van der Waals surface area contributed by atoms with E-state index in [2.05, 4.69) is 6.58 Å². The summed E-state index contributed by atoms with van der Waals surface area (Å²) in [6.45, 7) is 4.18. The molecule has 31 heavy (non-hydrogen) atoms. The lowest BCUT2D eigenvalue weighted by atomic mass is 10.1. The minimum atomic E-state index is -0.147. The molecule has 0 spiro atoms. The Bertz CT molecular complexity index is 1170. The predicted molar refractivity (Wildman–Crippen MR) is 122 cm³/mol. The number of hydrogen-bond donors (Lipinski definition) is 0. The second-order valence-corrected chi connectivity index (χ2v) is 6.96. The Kier molecular flexibility index (Phi) is 5.99. The quantitative estimate of drug-likeness (QED) is 0.442. The Morgan fingerprint density at radius 3 is 2.61 bits per heavy atom. The Morgan fingerprint density at radius 2 is 1.84 bits per heavy atom. The lowest BCUT2D eigenvalue weighted by molar-refractivity contribution is 0.101. The first kappa shape index (κ1) is 20.2. The molecule has 0 unspecified atom stereocenters. The zero-order valence-corrected chi connectivity index (χ0v) is 17.2. The highest BCUT2D eigenvalue weighted by atomic mass is 16.5. The van der Waals surface area contributed by atoms with E-state index in [1.807, 2.05) is 54.6 Å². The molecule has 1 heterocycles. The number of Topliss-reactive ketones (excluding diaryl/α,β-unsaturated/α-hetero) is 1. The number of carbonyl (C=O) groups is 1. The summed E-state index contributed by atoms with van der Waals surface area (Å²) < 4.78 is 17.0. The van der Waals surface area contributed by atoms with E-state index in [1.165, 1.54) is 0 Å². The predicted octanol–water partition coefficient (Wildman–Crippen LogP) is 6.09. The maximum Gasteiger partial charge on any atom is 0.231 e. The molecule has 0 atom stereocenters. The van der Waals surface area contributed by atoms with Crippen molar-refractivity contribution < 1.29 is 19.0 Å². The second kappa shape index (κ2) is 9.18. The van der Waals surface area contributed by atoms with Gasteiger partial charge in [-0.05, 0) is 35.4 Å². The molecule has 3 aromatic rings. The van der Waals surface area contributed by atoms with Crippen LogP contribution in [0.25, 0.3) is 12.2 Å². The van der Waals surface area contributed by atoms with Gasteiger partial charge in [0, 0.05) is 11.6 Å². The monoisotopic (exact) mass is 410 g/mol. The molecule has 1 aliphatic rings. The van der Waals surface area contributed by atoms with Crippen molar-refractivity contribution in [1.29, 1.82) is 0 Å². The van der Waals surface area contributed by atoms with Crippen molar-refractivity contribution in [2.75, 3.05) is 7.11 Å². The summed E-state index contributed by atoms with van der Waals surface area (Å²) in [6.07, 6.45) is 7.12. The molecule has 0 aromatic heterocycles. The fourth-order valence-corrected chi connectivity index (χ4v) is 3.23. The third-order valence-electron chi connectivity index (χ3n) is 4.92. The van der Waals surface area contributed by atoms with Crippen LogP contribution in [0.1, 0.15) is 27.0 Å². The number of allylic oxidation sites excluding steroid dienone is 3. The van der Waals surface area contributed by atoms with Gasteiger partial charge in [-0.25, -0.2) is 0 Å². The average Bonchev–Trinajstić information content (AvgIpc) is 3.13. The van der Waals surface area contributed by atoms with Crippen LogP contribution in [0.2, 0.25) is 0 Å². The zero-order chi connectivity index (χ0) is 21.6. The summed E-state index contributed by atoms with van der Waals surface area (Å²) in [5.74, 6) is 2.04. The lowest BCUT2D eigenvalue weighted by Crippen LogP contribution is -1.97. The first-order valence-corrected chi connectivity index (χ1v) is 9.90. The van der Waals surface area contributed by atoms with Crippen LogP contribution in [0.3, 0.4) is 0 Å². The van der Waals surface area contributed by atoms with E-state index >= 15 is 0 Å². The van der Waals surface area contributed by atoms with Crippen LogP contribution in [0.15, 0.2) is 91.2 Å². The van der Waals surface area contributed by atoms with Crippen molar-refractivity contribution in [2.24, 2.45) is 0 Å². The van der Waals surface area contributed by atoms with E-state index in [1.54, 1.807) is 43.5 Å². The normalized spacial score (nSPS) is 13.8. The molecule has 0 saturated carbocycles. The molecule has 0 radical (unpaired) electrons. The summed E-state index contributed by atoms with van der Waals surface area (Å²) in [7, 11) is 1.63. The Labute approximate surface area is 181 Å². The molecule has 0 amide bonds. The van der Waals surface area contributed by atoms with Crippen LogP contribution in [-0.2, 0) is 6.61 Å². The van der Waals surface area contributed by atoms with Crippen LogP contribution in [-0.4, -0.2) is 12.9 Å². The van der Waals surface area contributed by atoms with Crippen molar-refractivity contribution in [2.45, 2.75) is 6.61 Å². The second-order valence-electron chi connectivity index (χ2n) is 6.96. The van der Waals surface area contributed by atoms with E-state index in [0.29, 0.717) is 23.7 Å². The first-order chi connectivity index (χ1) is 15.2. The lowest BCUT2D eigenvalue weighted by Gasteiger charge is -2.07. The summed E-state index contributed by atoms with van der Waals surface area (Å²) >= 11 is 0. The van der Waals surface area contributed by atoms with Crippen LogP contribution in [0, 0.1) is 0 Å².